The van der Waals surface area contributed by atoms with Crippen LogP contribution in [0.3, 0.4) is 0 Å². The van der Waals surface area contributed by atoms with Crippen LogP contribution in [0.4, 0.5) is 0 Å². The molecule has 0 radical (unpaired) electrons. The van der Waals surface area contributed by atoms with Gasteiger partial charge in [0.2, 0.25) is 5.75 Å². The molecule has 0 atom stereocenters. The van der Waals surface area contributed by atoms with Gasteiger partial charge in [-0.05, 0) is 48.9 Å². The van der Waals surface area contributed by atoms with E-state index in [1.807, 2.05) is 6.92 Å². The molecule has 0 amide bonds. The number of hydrogen-bond acceptors (Lipinski definition) is 6. The van der Waals surface area contributed by atoms with Crippen LogP contribution in [-0.4, -0.2) is 7.11 Å². The fourth-order valence-corrected chi connectivity index (χ4v) is 2.75. The third-order valence-corrected chi connectivity index (χ3v) is 4.04. The first-order valence-corrected chi connectivity index (χ1v) is 7.88. The van der Waals surface area contributed by atoms with Crippen LogP contribution in [0.25, 0.3) is 21.9 Å². The van der Waals surface area contributed by atoms with Gasteiger partial charge in [-0.15, -0.1) is 0 Å². The number of benzene rings is 2. The third-order valence-electron chi connectivity index (χ3n) is 4.04. The van der Waals surface area contributed by atoms with Crippen molar-refractivity contribution >= 4 is 21.9 Å². The molecule has 0 fully saturated rings. The Morgan fingerprint density at radius 2 is 1.54 bits per heavy atom. The van der Waals surface area contributed by atoms with Crippen molar-refractivity contribution in [2.75, 3.05) is 7.11 Å². The molecule has 6 nitrogen and oxygen atoms in total. The van der Waals surface area contributed by atoms with Gasteiger partial charge in [0.05, 0.1) is 7.11 Å². The summed E-state index contributed by atoms with van der Waals surface area (Å²) in [5, 5.41) is 1.43. The topological polar surface area (TPSA) is 78.9 Å². The van der Waals surface area contributed by atoms with Gasteiger partial charge in [0, 0.05) is 22.9 Å². The molecular formula is C20H14O6. The van der Waals surface area contributed by atoms with Crippen molar-refractivity contribution in [3.8, 4) is 17.2 Å². The van der Waals surface area contributed by atoms with E-state index in [4.69, 9.17) is 18.3 Å². The molecule has 0 aliphatic heterocycles. The number of aryl methyl sites for hydroxylation is 1. The van der Waals surface area contributed by atoms with Crippen LogP contribution in [-0.2, 0) is 0 Å². The Bertz CT molecular complexity index is 1250. The number of ether oxygens (including phenoxy) is 2. The van der Waals surface area contributed by atoms with Gasteiger partial charge < -0.3 is 18.3 Å². The smallest absolute Gasteiger partial charge is 0.379 e. The average Bonchev–Trinajstić information content (AvgIpc) is 2.62. The summed E-state index contributed by atoms with van der Waals surface area (Å²) >= 11 is 0. The number of hydrogen-bond donors (Lipinski definition) is 0. The summed E-state index contributed by atoms with van der Waals surface area (Å²) in [6, 6.07) is 13.1. The van der Waals surface area contributed by atoms with E-state index in [1.165, 1.54) is 6.07 Å². The van der Waals surface area contributed by atoms with Crippen molar-refractivity contribution in [2.24, 2.45) is 0 Å². The van der Waals surface area contributed by atoms with E-state index in [0.717, 1.165) is 10.9 Å². The lowest BCUT2D eigenvalue weighted by Gasteiger charge is -2.08. The van der Waals surface area contributed by atoms with Crippen molar-refractivity contribution in [2.45, 2.75) is 6.92 Å². The molecule has 4 rings (SSSR count). The Labute approximate surface area is 147 Å². The zero-order valence-corrected chi connectivity index (χ0v) is 14.1. The predicted molar refractivity (Wildman–Crippen MR) is 96.3 cm³/mol. The molecule has 4 aromatic rings. The highest BCUT2D eigenvalue weighted by atomic mass is 16.5. The molecule has 2 aromatic carbocycles. The Kier molecular flexibility index (Phi) is 3.73. The minimum atomic E-state index is -0.600. The maximum atomic E-state index is 12.2. The molecule has 0 aliphatic rings. The first kappa shape index (κ1) is 16.0. The quantitative estimate of drug-likeness (QED) is 0.520. The molecule has 6 heteroatoms. The van der Waals surface area contributed by atoms with Crippen molar-refractivity contribution in [1.82, 2.24) is 0 Å². The van der Waals surface area contributed by atoms with Crippen LogP contribution in [0, 0.1) is 6.92 Å². The van der Waals surface area contributed by atoms with E-state index in [0.29, 0.717) is 28.1 Å². The summed E-state index contributed by atoms with van der Waals surface area (Å²) in [6.07, 6.45) is 0. The normalized spacial score (nSPS) is 11.0. The lowest BCUT2D eigenvalue weighted by molar-refractivity contribution is 0.411. The van der Waals surface area contributed by atoms with Crippen LogP contribution in [0.15, 0.2) is 67.0 Å². The average molecular weight is 350 g/mol. The maximum Gasteiger partial charge on any atom is 0.379 e. The Morgan fingerprint density at radius 3 is 2.35 bits per heavy atom. The molecule has 2 aromatic heterocycles. The highest BCUT2D eigenvalue weighted by Crippen LogP contribution is 2.29. The van der Waals surface area contributed by atoms with E-state index in [9.17, 15) is 9.59 Å². The Morgan fingerprint density at radius 1 is 0.808 bits per heavy atom. The second kappa shape index (κ2) is 6.07. The molecule has 0 spiro atoms. The molecule has 0 unspecified atom stereocenters. The second-order valence-corrected chi connectivity index (χ2v) is 5.81. The van der Waals surface area contributed by atoms with Gasteiger partial charge in [0.1, 0.15) is 22.7 Å². The minimum Gasteiger partial charge on any atom is -0.496 e. The molecule has 2 heterocycles. The molecule has 0 bridgehead atoms. The van der Waals surface area contributed by atoms with Gasteiger partial charge in [-0.3, -0.25) is 0 Å². The van der Waals surface area contributed by atoms with Gasteiger partial charge in [0.25, 0.3) is 0 Å². The van der Waals surface area contributed by atoms with Crippen molar-refractivity contribution < 1.29 is 18.3 Å². The summed E-state index contributed by atoms with van der Waals surface area (Å²) in [5.41, 5.74) is 0.628. The first-order valence-electron chi connectivity index (χ1n) is 7.88. The van der Waals surface area contributed by atoms with Gasteiger partial charge >= 0.3 is 11.3 Å². The van der Waals surface area contributed by atoms with Crippen LogP contribution in [0.1, 0.15) is 5.56 Å². The number of fused-ring (bicyclic) bond motifs is 2. The third kappa shape index (κ3) is 2.82. The van der Waals surface area contributed by atoms with Gasteiger partial charge in [-0.2, -0.15) is 0 Å². The summed E-state index contributed by atoms with van der Waals surface area (Å²) in [5.74, 6) is 1.07. The van der Waals surface area contributed by atoms with E-state index in [1.54, 1.807) is 49.6 Å². The van der Waals surface area contributed by atoms with Crippen LogP contribution >= 0.6 is 0 Å². The number of methoxy groups -OCH3 is 1. The fraction of sp³-hybridized carbons (Fsp3) is 0.100. The predicted octanol–water partition coefficient (Wildman–Crippen LogP) is 4.01. The highest BCUT2D eigenvalue weighted by Gasteiger charge is 2.11. The monoisotopic (exact) mass is 350 g/mol. The summed E-state index contributed by atoms with van der Waals surface area (Å²) in [6.45, 7) is 1.87. The van der Waals surface area contributed by atoms with Gasteiger partial charge in [0.15, 0.2) is 0 Å². The zero-order valence-electron chi connectivity index (χ0n) is 14.1. The van der Waals surface area contributed by atoms with Crippen LogP contribution < -0.4 is 20.7 Å². The van der Waals surface area contributed by atoms with Gasteiger partial charge in [-0.1, -0.05) is 0 Å². The van der Waals surface area contributed by atoms with E-state index >= 15 is 0 Å². The summed E-state index contributed by atoms with van der Waals surface area (Å²) in [7, 11) is 1.58. The van der Waals surface area contributed by atoms with Crippen LogP contribution in [0.5, 0.6) is 17.2 Å². The molecule has 0 saturated carbocycles. The van der Waals surface area contributed by atoms with Crippen molar-refractivity contribution in [3.63, 3.8) is 0 Å². The van der Waals surface area contributed by atoms with Gasteiger partial charge in [-0.25, -0.2) is 9.59 Å². The fourth-order valence-electron chi connectivity index (χ4n) is 2.75. The summed E-state index contributed by atoms with van der Waals surface area (Å²) in [4.78, 5) is 23.6. The first-order chi connectivity index (χ1) is 12.5. The zero-order chi connectivity index (χ0) is 18.3. The Balaban J connectivity index is 1.79. The second-order valence-electron chi connectivity index (χ2n) is 5.81. The largest absolute Gasteiger partial charge is 0.496 e. The Hall–Kier alpha value is -3.54. The highest BCUT2D eigenvalue weighted by molar-refractivity contribution is 5.81. The van der Waals surface area contributed by atoms with Crippen molar-refractivity contribution in [3.05, 3.63) is 74.9 Å². The van der Waals surface area contributed by atoms with Crippen LogP contribution in [0.2, 0.25) is 0 Å². The maximum absolute atomic E-state index is 12.2. The molecule has 0 N–H and O–H groups in total. The molecule has 26 heavy (non-hydrogen) atoms. The minimum absolute atomic E-state index is 0.0287. The lowest BCUT2D eigenvalue weighted by Crippen LogP contribution is -2.03. The molecule has 130 valence electrons. The summed E-state index contributed by atoms with van der Waals surface area (Å²) < 4.78 is 21.4. The molecule has 0 saturated heterocycles. The molecule has 0 aliphatic carbocycles. The number of rotatable bonds is 3. The van der Waals surface area contributed by atoms with E-state index in [-0.39, 0.29) is 5.75 Å². The van der Waals surface area contributed by atoms with E-state index < -0.39 is 11.3 Å². The standard InChI is InChI=1S/C20H14O6/c1-11-7-16-13(8-15(11)23-2)9-18(20(22)26-16)24-14-5-3-12-4-6-19(21)25-17(12)10-14/h3-10H,1-2H3. The van der Waals surface area contributed by atoms with Crippen molar-refractivity contribution in [1.29, 1.82) is 0 Å². The van der Waals surface area contributed by atoms with E-state index in [2.05, 4.69) is 0 Å². The molecular weight excluding hydrogens is 336 g/mol. The lowest BCUT2D eigenvalue weighted by atomic mass is 10.1. The SMILES string of the molecule is COc1cc2cc(Oc3ccc4ccc(=O)oc4c3)c(=O)oc2cc1C.